The molecule has 1 aliphatic rings. The van der Waals surface area contributed by atoms with E-state index in [-0.39, 0.29) is 12.0 Å². The first-order valence-corrected chi connectivity index (χ1v) is 11.6. The number of hydrogen-bond donors (Lipinski definition) is 0. The topological polar surface area (TPSA) is 60.9 Å². The van der Waals surface area contributed by atoms with E-state index in [9.17, 15) is 4.79 Å². The lowest BCUT2D eigenvalue weighted by molar-refractivity contribution is -0.131. The average molecular weight is 441 g/mol. The maximum absolute atomic E-state index is 13.4. The number of anilines is 1. The summed E-state index contributed by atoms with van der Waals surface area (Å²) in [5, 5.41) is 0.657. The van der Waals surface area contributed by atoms with Crippen molar-refractivity contribution in [2.45, 2.75) is 45.4 Å². The van der Waals surface area contributed by atoms with Gasteiger partial charge >= 0.3 is 0 Å². The molecule has 1 aromatic heterocycles. The molecule has 0 N–H and O–H groups in total. The molecule has 164 valence electrons. The van der Waals surface area contributed by atoms with Crippen LogP contribution in [0.2, 0.25) is 0 Å². The Morgan fingerprint density at radius 1 is 1.29 bits per heavy atom. The summed E-state index contributed by atoms with van der Waals surface area (Å²) in [5.41, 5.74) is 1.89. The van der Waals surface area contributed by atoms with Gasteiger partial charge in [-0.25, -0.2) is 4.98 Å². The van der Waals surface area contributed by atoms with Gasteiger partial charge in [0, 0.05) is 6.61 Å². The van der Waals surface area contributed by atoms with Crippen molar-refractivity contribution in [1.82, 2.24) is 4.98 Å². The van der Waals surface area contributed by atoms with Crippen molar-refractivity contribution in [1.29, 1.82) is 0 Å². The van der Waals surface area contributed by atoms with Gasteiger partial charge in [0.25, 0.3) is 5.91 Å². The van der Waals surface area contributed by atoms with Gasteiger partial charge < -0.3 is 14.2 Å². The number of hydrogen-bond acceptors (Lipinski definition) is 6. The summed E-state index contributed by atoms with van der Waals surface area (Å²) < 4.78 is 18.1. The smallest absolute Gasteiger partial charge is 0.257 e. The molecule has 2 unspecified atom stereocenters. The van der Waals surface area contributed by atoms with E-state index in [4.69, 9.17) is 19.2 Å². The van der Waals surface area contributed by atoms with Crippen LogP contribution in [-0.2, 0) is 20.8 Å². The van der Waals surface area contributed by atoms with Crippen LogP contribution in [0.3, 0.4) is 0 Å². The first kappa shape index (κ1) is 21.7. The zero-order chi connectivity index (χ0) is 21.6. The molecule has 0 radical (unpaired) electrons. The van der Waals surface area contributed by atoms with E-state index in [1.54, 1.807) is 11.8 Å². The molecule has 2 heterocycles. The summed E-state index contributed by atoms with van der Waals surface area (Å²) in [4.78, 5) is 19.9. The Kier molecular flexibility index (Phi) is 7.17. The molecule has 4 rings (SSSR count). The first-order valence-electron chi connectivity index (χ1n) is 10.8. The van der Waals surface area contributed by atoms with Gasteiger partial charge in [0.15, 0.2) is 5.13 Å². The van der Waals surface area contributed by atoms with Gasteiger partial charge in [0.1, 0.15) is 11.9 Å². The average Bonchev–Trinajstić information content (AvgIpc) is 3.45. The SMILES string of the molecule is CCOc1ccc2nc(N(Cc3ccccc3)C(=O)C(C)OCC3CCCO3)sc2c1. The van der Waals surface area contributed by atoms with Gasteiger partial charge in [-0.15, -0.1) is 0 Å². The number of carbonyl (C=O) groups is 1. The van der Waals surface area contributed by atoms with Gasteiger partial charge in [0.2, 0.25) is 0 Å². The molecule has 1 aliphatic heterocycles. The van der Waals surface area contributed by atoms with Crippen molar-refractivity contribution < 1.29 is 19.0 Å². The quantitative estimate of drug-likeness (QED) is 0.478. The van der Waals surface area contributed by atoms with Gasteiger partial charge in [0.05, 0.1) is 36.1 Å². The Morgan fingerprint density at radius 2 is 2.13 bits per heavy atom. The van der Waals surface area contributed by atoms with Crippen molar-refractivity contribution in [2.24, 2.45) is 0 Å². The highest BCUT2D eigenvalue weighted by atomic mass is 32.1. The second kappa shape index (κ2) is 10.2. The number of nitrogens with zero attached hydrogens (tertiary/aromatic N) is 2. The Balaban J connectivity index is 1.57. The predicted octanol–water partition coefficient (Wildman–Crippen LogP) is 4.81. The maximum atomic E-state index is 13.4. The van der Waals surface area contributed by atoms with Gasteiger partial charge in [-0.05, 0) is 50.5 Å². The standard InChI is InChI=1S/C24H28N2O4S/c1-3-28-19-11-12-21-22(14-19)31-24(25-21)26(15-18-8-5-4-6-9-18)23(27)17(2)30-16-20-10-7-13-29-20/h4-6,8-9,11-12,14,17,20H,3,7,10,13,15-16H2,1-2H3. The lowest BCUT2D eigenvalue weighted by Crippen LogP contribution is -2.39. The molecule has 7 heteroatoms. The molecule has 1 saturated heterocycles. The molecule has 31 heavy (non-hydrogen) atoms. The van der Waals surface area contributed by atoms with Gasteiger partial charge in [-0.3, -0.25) is 9.69 Å². The monoisotopic (exact) mass is 440 g/mol. The van der Waals surface area contributed by atoms with E-state index in [0.717, 1.165) is 41.0 Å². The number of aromatic nitrogens is 1. The van der Waals surface area contributed by atoms with Gasteiger partial charge in [-0.2, -0.15) is 0 Å². The Bertz CT molecular complexity index is 1000. The fourth-order valence-corrected chi connectivity index (χ4v) is 4.59. The number of ether oxygens (including phenoxy) is 3. The molecule has 0 spiro atoms. The maximum Gasteiger partial charge on any atom is 0.257 e. The second-order valence-electron chi connectivity index (χ2n) is 7.58. The number of thiazole rings is 1. The molecule has 6 nitrogen and oxygen atoms in total. The minimum atomic E-state index is -0.584. The third-order valence-corrected chi connectivity index (χ3v) is 6.29. The highest BCUT2D eigenvalue weighted by molar-refractivity contribution is 7.22. The highest BCUT2D eigenvalue weighted by Crippen LogP contribution is 2.33. The van der Waals surface area contributed by atoms with E-state index >= 15 is 0 Å². The molecule has 1 amide bonds. The van der Waals surface area contributed by atoms with Crippen LogP contribution in [0.5, 0.6) is 5.75 Å². The van der Waals surface area contributed by atoms with E-state index in [1.165, 1.54) is 11.3 Å². The van der Waals surface area contributed by atoms with E-state index in [1.807, 2.05) is 55.5 Å². The fourth-order valence-electron chi connectivity index (χ4n) is 3.59. The Morgan fingerprint density at radius 3 is 2.87 bits per heavy atom. The third-order valence-electron chi connectivity index (χ3n) is 5.24. The molecule has 0 aliphatic carbocycles. The van der Waals surface area contributed by atoms with Gasteiger partial charge in [-0.1, -0.05) is 41.7 Å². The zero-order valence-electron chi connectivity index (χ0n) is 18.0. The minimum absolute atomic E-state index is 0.0808. The van der Waals surface area contributed by atoms with Crippen LogP contribution in [-0.4, -0.2) is 42.9 Å². The number of amides is 1. The van der Waals surface area contributed by atoms with Crippen molar-refractivity contribution in [3.63, 3.8) is 0 Å². The molecule has 3 aromatic rings. The summed E-state index contributed by atoms with van der Waals surface area (Å²) in [5.74, 6) is 0.699. The van der Waals surface area contributed by atoms with E-state index in [2.05, 4.69) is 0 Å². The number of rotatable bonds is 9. The minimum Gasteiger partial charge on any atom is -0.494 e. The lowest BCUT2D eigenvalue weighted by Gasteiger charge is -2.24. The largest absolute Gasteiger partial charge is 0.494 e. The van der Waals surface area contributed by atoms with Crippen molar-refractivity contribution in [3.05, 3.63) is 54.1 Å². The lowest BCUT2D eigenvalue weighted by atomic mass is 10.2. The third kappa shape index (κ3) is 5.42. The number of carbonyl (C=O) groups excluding carboxylic acids is 1. The molecule has 0 bridgehead atoms. The first-order chi connectivity index (χ1) is 15.1. The summed E-state index contributed by atoms with van der Waals surface area (Å²) in [7, 11) is 0. The van der Waals surface area contributed by atoms with Crippen molar-refractivity contribution >= 4 is 32.6 Å². The van der Waals surface area contributed by atoms with Crippen LogP contribution in [0.15, 0.2) is 48.5 Å². The molecule has 2 aromatic carbocycles. The molecule has 2 atom stereocenters. The van der Waals surface area contributed by atoms with Crippen LogP contribution in [0, 0.1) is 0 Å². The summed E-state index contributed by atoms with van der Waals surface area (Å²) in [6.07, 6.45) is 1.52. The summed E-state index contributed by atoms with van der Waals surface area (Å²) in [6.45, 7) is 6.01. The number of fused-ring (bicyclic) bond motifs is 1. The Labute approximate surface area is 186 Å². The Hall–Kier alpha value is -2.48. The van der Waals surface area contributed by atoms with E-state index in [0.29, 0.717) is 24.9 Å². The van der Waals surface area contributed by atoms with Crippen LogP contribution in [0.25, 0.3) is 10.2 Å². The summed E-state index contributed by atoms with van der Waals surface area (Å²) in [6, 6.07) is 15.8. The second-order valence-corrected chi connectivity index (χ2v) is 8.59. The molecule has 1 fully saturated rings. The summed E-state index contributed by atoms with van der Waals surface area (Å²) >= 11 is 1.49. The van der Waals surface area contributed by atoms with Crippen LogP contribution in [0.4, 0.5) is 5.13 Å². The zero-order valence-corrected chi connectivity index (χ0v) is 18.8. The van der Waals surface area contributed by atoms with Crippen LogP contribution in [0.1, 0.15) is 32.3 Å². The van der Waals surface area contributed by atoms with Crippen LogP contribution < -0.4 is 9.64 Å². The molecular weight excluding hydrogens is 412 g/mol. The fraction of sp³-hybridized carbons (Fsp3) is 0.417. The normalized spacial score (nSPS) is 17.0. The van der Waals surface area contributed by atoms with Crippen LogP contribution >= 0.6 is 11.3 Å². The predicted molar refractivity (Wildman–Crippen MR) is 123 cm³/mol. The van der Waals surface area contributed by atoms with Crippen molar-refractivity contribution in [2.75, 3.05) is 24.7 Å². The highest BCUT2D eigenvalue weighted by Gasteiger charge is 2.27. The molecular formula is C24H28N2O4S. The molecule has 0 saturated carbocycles. The van der Waals surface area contributed by atoms with Crippen molar-refractivity contribution in [3.8, 4) is 5.75 Å². The van der Waals surface area contributed by atoms with E-state index < -0.39 is 6.10 Å². The number of benzene rings is 2.